The maximum Gasteiger partial charge on any atom is 0.0191 e. The fourth-order valence-corrected chi connectivity index (χ4v) is 4.81. The molecule has 1 saturated heterocycles. The van der Waals surface area contributed by atoms with Crippen LogP contribution in [0.25, 0.3) is 0 Å². The van der Waals surface area contributed by atoms with E-state index in [2.05, 4.69) is 60.7 Å². The highest BCUT2D eigenvalue weighted by atomic mass is 15.1. The van der Waals surface area contributed by atoms with Gasteiger partial charge in [0.2, 0.25) is 0 Å². The molecule has 0 radical (unpaired) electrons. The van der Waals surface area contributed by atoms with Crippen molar-refractivity contribution in [1.29, 1.82) is 0 Å². The Kier molecular flexibility index (Phi) is 5.52. The molecule has 1 aliphatic heterocycles. The first-order valence-corrected chi connectivity index (χ1v) is 8.37. The summed E-state index contributed by atoms with van der Waals surface area (Å²) in [4.78, 5) is 0. The van der Waals surface area contributed by atoms with Gasteiger partial charge in [0.05, 0.1) is 0 Å². The van der Waals surface area contributed by atoms with E-state index in [-0.39, 0.29) is 0 Å². The summed E-state index contributed by atoms with van der Waals surface area (Å²) in [6.07, 6.45) is 5.31. The zero-order valence-electron chi connectivity index (χ0n) is 14.6. The molecule has 0 aliphatic carbocycles. The number of hydrogen-bond donors (Lipinski definition) is 1. The summed E-state index contributed by atoms with van der Waals surface area (Å²) < 4.78 is 0. The van der Waals surface area contributed by atoms with Crippen LogP contribution in [-0.2, 0) is 0 Å². The summed E-state index contributed by atoms with van der Waals surface area (Å²) in [5, 5.41) is 4.10. The van der Waals surface area contributed by atoms with Crippen LogP contribution in [0.1, 0.15) is 81.1 Å². The second-order valence-electron chi connectivity index (χ2n) is 8.69. The highest BCUT2D eigenvalue weighted by molar-refractivity contribution is 5.04. The molecule has 0 aromatic rings. The first-order valence-electron chi connectivity index (χ1n) is 8.37. The fourth-order valence-electron chi connectivity index (χ4n) is 4.81. The maximum atomic E-state index is 4.10. The number of rotatable bonds is 5. The second-order valence-corrected chi connectivity index (χ2v) is 8.69. The van der Waals surface area contributed by atoms with Crippen LogP contribution in [-0.4, -0.2) is 11.1 Å². The predicted octanol–water partition coefficient (Wildman–Crippen LogP) is 5.25. The SMILES string of the molecule is CC(C)CC1(C)CCC(C(C)C)C(C)(CC(C)C)N1. The molecule has 1 aliphatic rings. The maximum absolute atomic E-state index is 4.10. The molecule has 0 amide bonds. The molecule has 0 bridgehead atoms. The van der Waals surface area contributed by atoms with Crippen LogP contribution in [0.5, 0.6) is 0 Å². The van der Waals surface area contributed by atoms with Gasteiger partial charge in [-0.25, -0.2) is 0 Å². The lowest BCUT2D eigenvalue weighted by molar-refractivity contribution is 0.0360. The molecular weight excluding hydrogens is 230 g/mol. The van der Waals surface area contributed by atoms with Crippen LogP contribution in [0.3, 0.4) is 0 Å². The van der Waals surface area contributed by atoms with Crippen molar-refractivity contribution in [2.75, 3.05) is 0 Å². The van der Waals surface area contributed by atoms with Crippen molar-refractivity contribution >= 4 is 0 Å². The van der Waals surface area contributed by atoms with Crippen molar-refractivity contribution in [1.82, 2.24) is 5.32 Å². The zero-order chi connectivity index (χ0) is 14.8. The molecule has 0 aromatic carbocycles. The Morgan fingerprint density at radius 3 is 1.89 bits per heavy atom. The Balaban J connectivity index is 2.90. The topological polar surface area (TPSA) is 12.0 Å². The molecule has 3 atom stereocenters. The van der Waals surface area contributed by atoms with Gasteiger partial charge in [-0.15, -0.1) is 0 Å². The van der Waals surface area contributed by atoms with Crippen molar-refractivity contribution in [2.24, 2.45) is 23.7 Å². The Labute approximate surface area is 121 Å². The van der Waals surface area contributed by atoms with Gasteiger partial charge >= 0.3 is 0 Å². The zero-order valence-corrected chi connectivity index (χ0v) is 14.6. The standard InChI is InChI=1S/C18H37N/c1-13(2)11-17(7)10-9-16(15(5)6)18(8,19-17)12-14(3)4/h13-16,19H,9-12H2,1-8H3. The molecule has 19 heavy (non-hydrogen) atoms. The van der Waals surface area contributed by atoms with E-state index in [0.717, 1.165) is 23.7 Å². The van der Waals surface area contributed by atoms with Crippen molar-refractivity contribution in [3.05, 3.63) is 0 Å². The van der Waals surface area contributed by atoms with Gasteiger partial charge in [0.15, 0.2) is 0 Å². The summed E-state index contributed by atoms with van der Waals surface area (Å²) in [5.74, 6) is 3.13. The van der Waals surface area contributed by atoms with Gasteiger partial charge < -0.3 is 5.32 Å². The van der Waals surface area contributed by atoms with E-state index in [1.165, 1.54) is 25.7 Å². The first-order chi connectivity index (χ1) is 8.58. The Hall–Kier alpha value is -0.0400. The van der Waals surface area contributed by atoms with Gasteiger partial charge in [0.1, 0.15) is 0 Å². The summed E-state index contributed by atoms with van der Waals surface area (Å²) in [6.45, 7) is 19.1. The minimum atomic E-state index is 0.310. The number of nitrogens with one attached hydrogen (secondary N) is 1. The van der Waals surface area contributed by atoms with Crippen LogP contribution >= 0.6 is 0 Å². The third-order valence-electron chi connectivity index (χ3n) is 4.91. The normalized spacial score (nSPS) is 36.5. The summed E-state index contributed by atoms with van der Waals surface area (Å²) >= 11 is 0. The molecule has 3 unspecified atom stereocenters. The molecule has 0 spiro atoms. The minimum absolute atomic E-state index is 0.310. The first kappa shape index (κ1) is 17.0. The highest BCUT2D eigenvalue weighted by Gasteiger charge is 2.45. The van der Waals surface area contributed by atoms with E-state index in [9.17, 15) is 0 Å². The van der Waals surface area contributed by atoms with E-state index in [0.29, 0.717) is 11.1 Å². The van der Waals surface area contributed by atoms with Crippen molar-refractivity contribution < 1.29 is 0 Å². The van der Waals surface area contributed by atoms with Gasteiger partial charge in [-0.05, 0) is 63.2 Å². The van der Waals surface area contributed by atoms with E-state index < -0.39 is 0 Å². The summed E-state index contributed by atoms with van der Waals surface area (Å²) in [6, 6.07) is 0. The molecule has 1 heterocycles. The molecular formula is C18H37N. The van der Waals surface area contributed by atoms with E-state index in [1.54, 1.807) is 0 Å². The summed E-state index contributed by atoms with van der Waals surface area (Å²) in [7, 11) is 0. The molecule has 1 heteroatoms. The third kappa shape index (κ3) is 4.48. The van der Waals surface area contributed by atoms with Crippen LogP contribution in [0, 0.1) is 23.7 Å². The predicted molar refractivity (Wildman–Crippen MR) is 86.4 cm³/mol. The monoisotopic (exact) mass is 267 g/mol. The van der Waals surface area contributed by atoms with Gasteiger partial charge in [-0.2, -0.15) is 0 Å². The molecule has 114 valence electrons. The van der Waals surface area contributed by atoms with E-state index >= 15 is 0 Å². The Bertz CT molecular complexity index is 281. The lowest BCUT2D eigenvalue weighted by Gasteiger charge is -2.54. The molecule has 1 N–H and O–H groups in total. The highest BCUT2D eigenvalue weighted by Crippen LogP contribution is 2.43. The van der Waals surface area contributed by atoms with E-state index in [1.807, 2.05) is 0 Å². The largest absolute Gasteiger partial charge is 0.306 e. The smallest absolute Gasteiger partial charge is 0.0191 e. The van der Waals surface area contributed by atoms with Gasteiger partial charge in [0.25, 0.3) is 0 Å². The summed E-state index contributed by atoms with van der Waals surface area (Å²) in [5.41, 5.74) is 0.646. The number of piperidine rings is 1. The fraction of sp³-hybridized carbons (Fsp3) is 1.00. The van der Waals surface area contributed by atoms with Crippen LogP contribution in [0.15, 0.2) is 0 Å². The molecule has 0 saturated carbocycles. The Morgan fingerprint density at radius 1 is 0.947 bits per heavy atom. The molecule has 0 aromatic heterocycles. The minimum Gasteiger partial charge on any atom is -0.306 e. The van der Waals surface area contributed by atoms with Crippen LogP contribution in [0.2, 0.25) is 0 Å². The third-order valence-corrected chi connectivity index (χ3v) is 4.91. The molecule has 1 fully saturated rings. The lowest BCUT2D eigenvalue weighted by atomic mass is 9.65. The average molecular weight is 268 g/mol. The lowest BCUT2D eigenvalue weighted by Crippen LogP contribution is -2.64. The van der Waals surface area contributed by atoms with Gasteiger partial charge in [-0.1, -0.05) is 41.5 Å². The molecule has 1 nitrogen and oxygen atoms in total. The van der Waals surface area contributed by atoms with Crippen LogP contribution < -0.4 is 5.32 Å². The second kappa shape index (κ2) is 6.16. The van der Waals surface area contributed by atoms with Crippen molar-refractivity contribution in [2.45, 2.75) is 92.2 Å². The van der Waals surface area contributed by atoms with Crippen molar-refractivity contribution in [3.8, 4) is 0 Å². The molecule has 1 rings (SSSR count). The van der Waals surface area contributed by atoms with Gasteiger partial charge in [0, 0.05) is 11.1 Å². The van der Waals surface area contributed by atoms with Gasteiger partial charge in [-0.3, -0.25) is 0 Å². The van der Waals surface area contributed by atoms with Crippen molar-refractivity contribution in [3.63, 3.8) is 0 Å². The average Bonchev–Trinajstić information content (AvgIpc) is 2.11. The number of hydrogen-bond acceptors (Lipinski definition) is 1. The van der Waals surface area contributed by atoms with Crippen LogP contribution in [0.4, 0.5) is 0 Å². The Morgan fingerprint density at radius 2 is 1.47 bits per heavy atom. The van der Waals surface area contributed by atoms with E-state index in [4.69, 9.17) is 0 Å². The quantitative estimate of drug-likeness (QED) is 0.717.